The van der Waals surface area contributed by atoms with E-state index in [1.165, 1.54) is 37.7 Å². The first-order valence-electron chi connectivity index (χ1n) is 5.19. The molecule has 1 aliphatic carbocycles. The van der Waals surface area contributed by atoms with Gasteiger partial charge in [-0.3, -0.25) is 0 Å². The van der Waals surface area contributed by atoms with Crippen molar-refractivity contribution in [3.8, 4) is 0 Å². The molecule has 1 aliphatic rings. The minimum Gasteiger partial charge on any atom is -0.0998 e. The normalized spacial score (nSPS) is 29.4. The Labute approximate surface area is 77.1 Å². The van der Waals surface area contributed by atoms with Gasteiger partial charge in [-0.1, -0.05) is 45.3 Å². The molecule has 1 saturated carbocycles. The maximum atomic E-state index is 4.12. The molecule has 1 fully saturated rings. The third-order valence-electron chi connectivity index (χ3n) is 3.35. The van der Waals surface area contributed by atoms with Gasteiger partial charge in [-0.25, -0.2) is 0 Å². The molecule has 1 rings (SSSR count). The summed E-state index contributed by atoms with van der Waals surface area (Å²) in [5.41, 5.74) is 1.89. The smallest absolute Gasteiger partial charge is 0.0157 e. The Kier molecular flexibility index (Phi) is 2.98. The zero-order chi connectivity index (χ0) is 9.19. The third kappa shape index (κ3) is 2.12. The van der Waals surface area contributed by atoms with Gasteiger partial charge >= 0.3 is 0 Å². The molecule has 0 aromatic heterocycles. The Morgan fingerprint density at radius 1 is 1.25 bits per heavy atom. The molecule has 12 heavy (non-hydrogen) atoms. The molecule has 1 unspecified atom stereocenters. The highest BCUT2D eigenvalue weighted by Crippen LogP contribution is 2.42. The summed E-state index contributed by atoms with van der Waals surface area (Å²) in [6, 6.07) is 0. The van der Waals surface area contributed by atoms with Crippen molar-refractivity contribution in [1.29, 1.82) is 0 Å². The van der Waals surface area contributed by atoms with Gasteiger partial charge in [0.25, 0.3) is 0 Å². The van der Waals surface area contributed by atoms with E-state index in [1.807, 2.05) is 0 Å². The summed E-state index contributed by atoms with van der Waals surface area (Å²) in [7, 11) is 0. The lowest BCUT2D eigenvalue weighted by atomic mass is 9.72. The maximum absolute atomic E-state index is 4.12. The molecule has 0 amide bonds. The van der Waals surface area contributed by atoms with Crippen LogP contribution in [0, 0.1) is 11.3 Å². The van der Waals surface area contributed by atoms with E-state index in [-0.39, 0.29) is 0 Å². The van der Waals surface area contributed by atoms with Crippen LogP contribution in [0.3, 0.4) is 0 Å². The highest BCUT2D eigenvalue weighted by molar-refractivity contribution is 5.03. The molecule has 0 heterocycles. The van der Waals surface area contributed by atoms with Gasteiger partial charge in [-0.2, -0.15) is 0 Å². The quantitative estimate of drug-likeness (QED) is 0.405. The Balaban J connectivity index is 2.71. The van der Waals surface area contributed by atoms with Crippen molar-refractivity contribution in [3.05, 3.63) is 12.2 Å². The average molecular weight is 166 g/mol. The Bertz CT molecular complexity index is 165. The first kappa shape index (κ1) is 9.83. The Morgan fingerprint density at radius 2 is 1.92 bits per heavy atom. The summed E-state index contributed by atoms with van der Waals surface area (Å²) in [6.45, 7) is 11.1. The van der Waals surface area contributed by atoms with E-state index in [1.54, 1.807) is 0 Å². The minimum atomic E-state index is 0.502. The molecular formula is C12H22. The molecule has 0 aromatic carbocycles. The van der Waals surface area contributed by atoms with Gasteiger partial charge in [0, 0.05) is 0 Å². The fourth-order valence-corrected chi connectivity index (χ4v) is 2.58. The molecule has 0 bridgehead atoms. The fourth-order valence-electron chi connectivity index (χ4n) is 2.58. The van der Waals surface area contributed by atoms with Crippen LogP contribution in [0.15, 0.2) is 12.2 Å². The molecule has 0 spiro atoms. The van der Waals surface area contributed by atoms with E-state index in [4.69, 9.17) is 0 Å². The van der Waals surface area contributed by atoms with Crippen LogP contribution in [0.4, 0.5) is 0 Å². The fraction of sp³-hybridized carbons (Fsp3) is 0.833. The van der Waals surface area contributed by atoms with Gasteiger partial charge in [0.1, 0.15) is 0 Å². The summed E-state index contributed by atoms with van der Waals surface area (Å²) < 4.78 is 0. The van der Waals surface area contributed by atoms with E-state index in [0.717, 1.165) is 5.92 Å². The van der Waals surface area contributed by atoms with Crippen LogP contribution in [-0.2, 0) is 0 Å². The zero-order valence-electron chi connectivity index (χ0n) is 8.82. The molecule has 0 saturated heterocycles. The average Bonchev–Trinajstić information content (AvgIpc) is 2.09. The van der Waals surface area contributed by atoms with Crippen LogP contribution in [-0.4, -0.2) is 0 Å². The van der Waals surface area contributed by atoms with Crippen molar-refractivity contribution in [2.24, 2.45) is 11.3 Å². The molecular weight excluding hydrogens is 144 g/mol. The van der Waals surface area contributed by atoms with Gasteiger partial charge in [-0.05, 0) is 31.1 Å². The largest absolute Gasteiger partial charge is 0.0998 e. The number of allylic oxidation sites excluding steroid dienone is 1. The predicted octanol–water partition coefficient (Wildman–Crippen LogP) is 4.17. The van der Waals surface area contributed by atoms with Crippen molar-refractivity contribution in [2.45, 2.75) is 52.9 Å². The van der Waals surface area contributed by atoms with Crippen molar-refractivity contribution in [1.82, 2.24) is 0 Å². The van der Waals surface area contributed by atoms with Gasteiger partial charge in [0.05, 0.1) is 0 Å². The van der Waals surface area contributed by atoms with E-state index in [2.05, 4.69) is 27.4 Å². The van der Waals surface area contributed by atoms with Crippen LogP contribution in [0.25, 0.3) is 0 Å². The van der Waals surface area contributed by atoms with Crippen LogP contribution in [0.1, 0.15) is 52.9 Å². The third-order valence-corrected chi connectivity index (χ3v) is 3.35. The number of hydrogen-bond donors (Lipinski definition) is 0. The summed E-state index contributed by atoms with van der Waals surface area (Å²) >= 11 is 0. The summed E-state index contributed by atoms with van der Waals surface area (Å²) in [4.78, 5) is 0. The Morgan fingerprint density at radius 3 is 2.50 bits per heavy atom. The van der Waals surface area contributed by atoms with E-state index in [9.17, 15) is 0 Å². The van der Waals surface area contributed by atoms with Crippen molar-refractivity contribution < 1.29 is 0 Å². The lowest BCUT2D eigenvalue weighted by Crippen LogP contribution is -2.23. The second-order valence-corrected chi connectivity index (χ2v) is 4.99. The molecule has 0 aliphatic heterocycles. The molecule has 70 valence electrons. The molecule has 0 nitrogen and oxygen atoms in total. The monoisotopic (exact) mass is 166 g/mol. The van der Waals surface area contributed by atoms with Gasteiger partial charge < -0.3 is 0 Å². The second-order valence-electron chi connectivity index (χ2n) is 4.99. The molecule has 0 aromatic rings. The molecule has 1 atom stereocenters. The van der Waals surface area contributed by atoms with Crippen LogP contribution in [0.5, 0.6) is 0 Å². The standard InChI is InChI=1S/C12H22/c1-10(2)11-8-6-5-7-9-12(11,3)4/h11H,1,5-9H2,2-4H3. The SMILES string of the molecule is C=C(C)C1CCCCCC1(C)C. The molecule has 0 heteroatoms. The summed E-state index contributed by atoms with van der Waals surface area (Å²) in [5.74, 6) is 0.764. The maximum Gasteiger partial charge on any atom is -0.0157 e. The summed E-state index contributed by atoms with van der Waals surface area (Å²) in [6.07, 6.45) is 6.98. The van der Waals surface area contributed by atoms with E-state index in [0.29, 0.717) is 5.41 Å². The lowest BCUT2D eigenvalue weighted by Gasteiger charge is -2.33. The van der Waals surface area contributed by atoms with Crippen LogP contribution in [0.2, 0.25) is 0 Å². The molecule has 0 N–H and O–H groups in total. The number of hydrogen-bond acceptors (Lipinski definition) is 0. The highest BCUT2D eigenvalue weighted by Gasteiger charge is 2.30. The van der Waals surface area contributed by atoms with E-state index >= 15 is 0 Å². The van der Waals surface area contributed by atoms with Gasteiger partial charge in [-0.15, -0.1) is 0 Å². The van der Waals surface area contributed by atoms with Crippen molar-refractivity contribution in [2.75, 3.05) is 0 Å². The second kappa shape index (κ2) is 3.64. The lowest BCUT2D eigenvalue weighted by molar-refractivity contribution is 0.230. The highest BCUT2D eigenvalue weighted by atomic mass is 14.4. The van der Waals surface area contributed by atoms with Crippen LogP contribution >= 0.6 is 0 Å². The molecule has 0 radical (unpaired) electrons. The van der Waals surface area contributed by atoms with E-state index < -0.39 is 0 Å². The zero-order valence-corrected chi connectivity index (χ0v) is 8.82. The van der Waals surface area contributed by atoms with Gasteiger partial charge in [0.2, 0.25) is 0 Å². The van der Waals surface area contributed by atoms with Crippen molar-refractivity contribution >= 4 is 0 Å². The number of rotatable bonds is 1. The Hall–Kier alpha value is -0.260. The van der Waals surface area contributed by atoms with Crippen molar-refractivity contribution in [3.63, 3.8) is 0 Å². The van der Waals surface area contributed by atoms with Gasteiger partial charge in [0.15, 0.2) is 0 Å². The summed E-state index contributed by atoms with van der Waals surface area (Å²) in [5, 5.41) is 0. The van der Waals surface area contributed by atoms with Crippen LogP contribution < -0.4 is 0 Å². The topological polar surface area (TPSA) is 0 Å². The first-order chi connectivity index (χ1) is 5.54. The minimum absolute atomic E-state index is 0.502. The predicted molar refractivity (Wildman–Crippen MR) is 55.2 cm³/mol. The first-order valence-corrected chi connectivity index (χ1v) is 5.19.